The van der Waals surface area contributed by atoms with E-state index in [9.17, 15) is 14.7 Å². The Morgan fingerprint density at radius 1 is 1.35 bits per heavy atom. The molecule has 6 heteroatoms. The number of carbonyl (C=O) groups is 1. The number of aliphatic hydroxyl groups is 1. The molecule has 3 rings (SSSR count). The van der Waals surface area contributed by atoms with Crippen LogP contribution in [0.25, 0.3) is 0 Å². The summed E-state index contributed by atoms with van der Waals surface area (Å²) in [5.41, 5.74) is 1.33. The molecule has 1 amide bonds. The molecule has 0 aliphatic carbocycles. The van der Waals surface area contributed by atoms with Crippen molar-refractivity contribution in [3.8, 4) is 0 Å². The maximum Gasteiger partial charge on any atom is 0.260 e. The number of hydrogen-bond donors (Lipinski definition) is 2. The Balaban J connectivity index is 1.84. The Kier molecular flexibility index (Phi) is 4.25. The van der Waals surface area contributed by atoms with E-state index in [4.69, 9.17) is 0 Å². The predicted octanol–water partition coefficient (Wildman–Crippen LogP) is 0.926. The van der Waals surface area contributed by atoms with Gasteiger partial charge in [-0.15, -0.1) is 0 Å². The van der Waals surface area contributed by atoms with Crippen LogP contribution in [0, 0.1) is 12.8 Å². The SMILES string of the molecule is Cc1ccc(C(=O)N2C[C@@H](CO)[C@H](c3ccccn3)C2)c(=O)[nH]1. The minimum Gasteiger partial charge on any atom is -0.396 e. The van der Waals surface area contributed by atoms with E-state index < -0.39 is 0 Å². The van der Waals surface area contributed by atoms with Gasteiger partial charge in [-0.1, -0.05) is 6.07 Å². The van der Waals surface area contributed by atoms with Crippen LogP contribution in [0.2, 0.25) is 0 Å². The van der Waals surface area contributed by atoms with Crippen molar-refractivity contribution in [1.29, 1.82) is 0 Å². The molecular formula is C17H19N3O3. The van der Waals surface area contributed by atoms with Crippen LogP contribution in [-0.2, 0) is 0 Å². The molecule has 0 spiro atoms. The summed E-state index contributed by atoms with van der Waals surface area (Å²) < 4.78 is 0. The third kappa shape index (κ3) is 3.03. The molecule has 2 aromatic heterocycles. The maximum absolute atomic E-state index is 12.6. The Hall–Kier alpha value is -2.47. The van der Waals surface area contributed by atoms with Gasteiger partial charge in [-0.25, -0.2) is 0 Å². The Morgan fingerprint density at radius 2 is 2.17 bits per heavy atom. The van der Waals surface area contributed by atoms with E-state index in [1.54, 1.807) is 30.2 Å². The summed E-state index contributed by atoms with van der Waals surface area (Å²) in [7, 11) is 0. The number of pyridine rings is 2. The van der Waals surface area contributed by atoms with Crippen molar-refractivity contribution in [2.45, 2.75) is 12.8 Å². The summed E-state index contributed by atoms with van der Waals surface area (Å²) in [5, 5.41) is 9.63. The van der Waals surface area contributed by atoms with Gasteiger partial charge in [0.2, 0.25) is 0 Å². The molecular weight excluding hydrogens is 294 g/mol. The number of carbonyl (C=O) groups excluding carboxylic acids is 1. The number of nitrogens with zero attached hydrogens (tertiary/aromatic N) is 2. The molecule has 0 saturated carbocycles. The van der Waals surface area contributed by atoms with Crippen LogP contribution < -0.4 is 5.56 Å². The average molecular weight is 313 g/mol. The van der Waals surface area contributed by atoms with Crippen molar-refractivity contribution >= 4 is 5.91 Å². The first kappa shape index (κ1) is 15.4. The second-order valence-electron chi connectivity index (χ2n) is 5.90. The normalized spacial score (nSPS) is 20.7. The molecule has 1 fully saturated rings. The number of nitrogens with one attached hydrogen (secondary N) is 1. The number of amides is 1. The third-order valence-electron chi connectivity index (χ3n) is 4.32. The fourth-order valence-corrected chi connectivity index (χ4v) is 3.06. The van der Waals surface area contributed by atoms with E-state index in [2.05, 4.69) is 9.97 Å². The highest BCUT2D eigenvalue weighted by Crippen LogP contribution is 2.31. The van der Waals surface area contributed by atoms with Gasteiger partial charge in [-0.2, -0.15) is 0 Å². The lowest BCUT2D eigenvalue weighted by atomic mass is 9.93. The number of aromatic amines is 1. The minimum absolute atomic E-state index is 0.0186. The van der Waals surface area contributed by atoms with E-state index in [1.807, 2.05) is 18.2 Å². The van der Waals surface area contributed by atoms with Crippen LogP contribution in [0.1, 0.15) is 27.7 Å². The minimum atomic E-state index is -0.378. The number of H-pyrrole nitrogens is 1. The zero-order chi connectivity index (χ0) is 16.4. The molecule has 1 aliphatic rings. The van der Waals surface area contributed by atoms with Gasteiger partial charge < -0.3 is 15.0 Å². The molecule has 0 bridgehead atoms. The summed E-state index contributed by atoms with van der Waals surface area (Å²) in [6, 6.07) is 8.90. The number of likely N-dealkylation sites (tertiary alicyclic amines) is 1. The van der Waals surface area contributed by atoms with Gasteiger partial charge in [-0.3, -0.25) is 14.6 Å². The van der Waals surface area contributed by atoms with Gasteiger partial charge in [0.05, 0.1) is 0 Å². The van der Waals surface area contributed by atoms with E-state index in [1.165, 1.54) is 0 Å². The first-order valence-corrected chi connectivity index (χ1v) is 7.61. The molecule has 120 valence electrons. The van der Waals surface area contributed by atoms with Crippen molar-refractivity contribution in [2.24, 2.45) is 5.92 Å². The van der Waals surface area contributed by atoms with Crippen molar-refractivity contribution < 1.29 is 9.90 Å². The van der Waals surface area contributed by atoms with Crippen molar-refractivity contribution in [3.05, 3.63) is 63.8 Å². The zero-order valence-corrected chi connectivity index (χ0v) is 12.9. The number of hydrogen-bond acceptors (Lipinski definition) is 4. The molecule has 2 atom stereocenters. The van der Waals surface area contributed by atoms with Gasteiger partial charge in [0.25, 0.3) is 11.5 Å². The lowest BCUT2D eigenvalue weighted by molar-refractivity contribution is 0.0779. The third-order valence-corrected chi connectivity index (χ3v) is 4.32. The number of aryl methyl sites for hydroxylation is 1. The molecule has 0 aromatic carbocycles. The molecule has 6 nitrogen and oxygen atoms in total. The van der Waals surface area contributed by atoms with Gasteiger partial charge in [0, 0.05) is 49.1 Å². The molecule has 0 unspecified atom stereocenters. The fourth-order valence-electron chi connectivity index (χ4n) is 3.06. The van der Waals surface area contributed by atoms with Gasteiger partial charge in [-0.05, 0) is 31.2 Å². The highest BCUT2D eigenvalue weighted by Gasteiger charge is 2.37. The summed E-state index contributed by atoms with van der Waals surface area (Å²) >= 11 is 0. The number of rotatable bonds is 3. The topological polar surface area (TPSA) is 86.3 Å². The smallest absolute Gasteiger partial charge is 0.260 e. The highest BCUT2D eigenvalue weighted by atomic mass is 16.3. The standard InChI is InChI=1S/C17H19N3O3/c1-11-5-6-13(16(22)19-11)17(23)20-8-12(10-21)14(9-20)15-4-2-3-7-18-15/h2-7,12,14,21H,8-10H2,1H3,(H,19,22)/t12-,14+/m0/s1. The molecule has 23 heavy (non-hydrogen) atoms. The molecule has 2 aromatic rings. The Bertz CT molecular complexity index is 757. The van der Waals surface area contributed by atoms with Crippen molar-refractivity contribution in [2.75, 3.05) is 19.7 Å². The first-order chi connectivity index (χ1) is 11.1. The highest BCUT2D eigenvalue weighted by molar-refractivity contribution is 5.94. The average Bonchev–Trinajstić information content (AvgIpc) is 2.99. The monoisotopic (exact) mass is 313 g/mol. The maximum atomic E-state index is 12.6. The van der Waals surface area contributed by atoms with Crippen LogP contribution in [0.5, 0.6) is 0 Å². The van der Waals surface area contributed by atoms with Crippen LogP contribution >= 0.6 is 0 Å². The van der Waals surface area contributed by atoms with Gasteiger partial charge >= 0.3 is 0 Å². The van der Waals surface area contributed by atoms with Crippen LogP contribution in [-0.4, -0.2) is 45.6 Å². The van der Waals surface area contributed by atoms with Crippen LogP contribution in [0.4, 0.5) is 0 Å². The van der Waals surface area contributed by atoms with Crippen molar-refractivity contribution in [3.63, 3.8) is 0 Å². The summed E-state index contributed by atoms with van der Waals surface area (Å²) in [4.78, 5) is 33.2. The zero-order valence-electron chi connectivity index (χ0n) is 12.9. The Morgan fingerprint density at radius 3 is 2.83 bits per heavy atom. The van der Waals surface area contributed by atoms with Gasteiger partial charge in [0.15, 0.2) is 0 Å². The fraction of sp³-hybridized carbons (Fsp3) is 0.353. The molecule has 1 aliphatic heterocycles. The van der Waals surface area contributed by atoms with Crippen molar-refractivity contribution in [1.82, 2.24) is 14.9 Å². The molecule has 0 radical (unpaired) electrons. The van der Waals surface area contributed by atoms with E-state index in [0.29, 0.717) is 18.8 Å². The quantitative estimate of drug-likeness (QED) is 0.882. The largest absolute Gasteiger partial charge is 0.396 e. The van der Waals surface area contributed by atoms with Crippen LogP contribution in [0.3, 0.4) is 0 Å². The molecule has 2 N–H and O–H groups in total. The van der Waals surface area contributed by atoms with E-state index >= 15 is 0 Å². The van der Waals surface area contributed by atoms with E-state index in [-0.39, 0.29) is 35.5 Å². The lowest BCUT2D eigenvalue weighted by Gasteiger charge is -2.16. The number of aliphatic hydroxyl groups excluding tert-OH is 1. The summed E-state index contributed by atoms with van der Waals surface area (Å²) in [6.07, 6.45) is 1.71. The second-order valence-corrected chi connectivity index (χ2v) is 5.90. The van der Waals surface area contributed by atoms with Crippen LogP contribution in [0.15, 0.2) is 41.3 Å². The summed E-state index contributed by atoms with van der Waals surface area (Å²) in [6.45, 7) is 2.62. The number of aromatic nitrogens is 2. The van der Waals surface area contributed by atoms with Gasteiger partial charge in [0.1, 0.15) is 5.56 Å². The summed E-state index contributed by atoms with van der Waals surface area (Å²) in [5.74, 6) is -0.392. The van der Waals surface area contributed by atoms with E-state index in [0.717, 1.165) is 5.69 Å². The second kappa shape index (κ2) is 6.34. The molecule has 1 saturated heterocycles. The first-order valence-electron chi connectivity index (χ1n) is 7.61. The predicted molar refractivity (Wildman–Crippen MR) is 85.3 cm³/mol. The lowest BCUT2D eigenvalue weighted by Crippen LogP contribution is -2.33. The molecule has 3 heterocycles. The Labute approximate surface area is 133 Å².